The molecule has 134 valence electrons. The van der Waals surface area contributed by atoms with Gasteiger partial charge in [0.15, 0.2) is 0 Å². The van der Waals surface area contributed by atoms with Crippen molar-refractivity contribution in [3.05, 3.63) is 114 Å². The molecule has 0 aliphatic heterocycles. The summed E-state index contributed by atoms with van der Waals surface area (Å²) in [5.74, 6) is 0.382. The van der Waals surface area contributed by atoms with E-state index >= 15 is 0 Å². The number of quaternary nitrogens is 1. The maximum atomic E-state index is 10.6. The Morgan fingerprint density at radius 3 is 1.74 bits per heavy atom. The number of nitrogens with one attached hydrogen (secondary N) is 1. The second kappa shape index (κ2) is 8.07. The van der Waals surface area contributed by atoms with Crippen LogP contribution in [0, 0.1) is 0 Å². The lowest BCUT2D eigenvalue weighted by Gasteiger charge is -2.21. The number of aromatic hydroxyl groups is 1. The summed E-state index contributed by atoms with van der Waals surface area (Å²) in [6, 6.07) is 33.3. The number of hydrogen-bond donors (Lipinski definition) is 2. The van der Waals surface area contributed by atoms with Crippen molar-refractivity contribution in [2.45, 2.75) is 19.6 Å². The predicted molar refractivity (Wildman–Crippen MR) is 111 cm³/mol. The quantitative estimate of drug-likeness (QED) is 0.529. The molecule has 0 bridgehead atoms. The van der Waals surface area contributed by atoms with Crippen molar-refractivity contribution in [3.63, 3.8) is 0 Å². The van der Waals surface area contributed by atoms with Crippen molar-refractivity contribution < 1.29 is 10.0 Å². The third-order valence-corrected chi connectivity index (χ3v) is 5.04. The molecule has 4 aromatic rings. The number of fused-ring (bicyclic) bond motifs is 1. The molecule has 0 amide bonds. The van der Waals surface area contributed by atoms with E-state index in [1.54, 1.807) is 0 Å². The van der Waals surface area contributed by atoms with E-state index in [9.17, 15) is 5.11 Å². The van der Waals surface area contributed by atoms with Crippen LogP contribution < -0.4 is 4.90 Å². The van der Waals surface area contributed by atoms with Crippen LogP contribution in [0.15, 0.2) is 97.1 Å². The van der Waals surface area contributed by atoms with Crippen molar-refractivity contribution >= 4 is 10.8 Å². The van der Waals surface area contributed by atoms with Crippen LogP contribution in [-0.2, 0) is 19.6 Å². The fourth-order valence-corrected chi connectivity index (χ4v) is 3.72. The molecule has 0 saturated heterocycles. The van der Waals surface area contributed by atoms with Gasteiger partial charge in [-0.15, -0.1) is 0 Å². The maximum absolute atomic E-state index is 10.6. The Kier molecular flexibility index (Phi) is 5.17. The zero-order chi connectivity index (χ0) is 18.5. The fraction of sp³-hybridized carbons (Fsp3) is 0.120. The van der Waals surface area contributed by atoms with Crippen molar-refractivity contribution in [2.24, 2.45) is 0 Å². The minimum Gasteiger partial charge on any atom is -0.507 e. The lowest BCUT2D eigenvalue weighted by molar-refractivity contribution is -0.941. The average Bonchev–Trinajstić information content (AvgIpc) is 2.72. The van der Waals surface area contributed by atoms with Crippen LogP contribution in [0.4, 0.5) is 0 Å². The first-order valence-electron chi connectivity index (χ1n) is 9.40. The molecule has 2 nitrogen and oxygen atoms in total. The molecule has 0 radical (unpaired) electrons. The SMILES string of the molecule is Oc1ccc2ccccc2c1C[NH+](Cc1ccccc1)Cc1ccccc1. The molecule has 2 heteroatoms. The lowest BCUT2D eigenvalue weighted by atomic mass is 10.0. The number of hydrogen-bond acceptors (Lipinski definition) is 1. The van der Waals surface area contributed by atoms with Gasteiger partial charge in [-0.2, -0.15) is 0 Å². The molecule has 0 aliphatic carbocycles. The molecule has 0 atom stereocenters. The van der Waals surface area contributed by atoms with Crippen molar-refractivity contribution in [1.29, 1.82) is 0 Å². The number of phenols is 1. The molecule has 0 aliphatic rings. The number of benzene rings is 4. The standard InChI is InChI=1S/C25H23NO/c27-25-16-15-22-13-7-8-14-23(22)24(25)19-26(17-20-9-3-1-4-10-20)18-21-11-5-2-6-12-21/h1-16,27H,17-19H2/p+1. The van der Waals surface area contributed by atoms with Crippen LogP contribution in [0.3, 0.4) is 0 Å². The smallest absolute Gasteiger partial charge is 0.125 e. The summed E-state index contributed by atoms with van der Waals surface area (Å²) >= 11 is 0. The highest BCUT2D eigenvalue weighted by molar-refractivity contribution is 5.87. The number of phenolic OH excluding ortho intramolecular Hbond substituents is 1. The summed E-state index contributed by atoms with van der Waals surface area (Å²) in [5, 5.41) is 12.9. The van der Waals surface area contributed by atoms with E-state index in [2.05, 4.69) is 72.8 Å². The van der Waals surface area contributed by atoms with Crippen LogP contribution >= 0.6 is 0 Å². The summed E-state index contributed by atoms with van der Waals surface area (Å²) in [5.41, 5.74) is 3.64. The fourth-order valence-electron chi connectivity index (χ4n) is 3.72. The van der Waals surface area contributed by atoms with E-state index in [1.165, 1.54) is 21.4 Å². The van der Waals surface area contributed by atoms with Crippen molar-refractivity contribution in [2.75, 3.05) is 0 Å². The van der Waals surface area contributed by atoms with Gasteiger partial charge < -0.3 is 10.0 Å². The largest absolute Gasteiger partial charge is 0.507 e. The second-order valence-corrected chi connectivity index (χ2v) is 7.04. The van der Waals surface area contributed by atoms with Gasteiger partial charge in [0.25, 0.3) is 0 Å². The molecule has 0 saturated carbocycles. The van der Waals surface area contributed by atoms with E-state index in [1.807, 2.05) is 24.3 Å². The van der Waals surface area contributed by atoms with E-state index in [4.69, 9.17) is 0 Å². The van der Waals surface area contributed by atoms with Crippen LogP contribution in [0.1, 0.15) is 16.7 Å². The second-order valence-electron chi connectivity index (χ2n) is 7.04. The van der Waals surface area contributed by atoms with Gasteiger partial charge in [0, 0.05) is 11.1 Å². The Hall–Kier alpha value is -3.10. The topological polar surface area (TPSA) is 24.7 Å². The van der Waals surface area contributed by atoms with E-state index in [0.29, 0.717) is 5.75 Å². The first-order valence-corrected chi connectivity index (χ1v) is 9.40. The molecular weight excluding hydrogens is 330 g/mol. The van der Waals surface area contributed by atoms with Crippen molar-refractivity contribution in [3.8, 4) is 5.75 Å². The van der Waals surface area contributed by atoms with Crippen LogP contribution in [0.2, 0.25) is 0 Å². The van der Waals surface area contributed by atoms with Gasteiger partial charge in [0.2, 0.25) is 0 Å². The normalized spacial score (nSPS) is 11.1. The molecule has 4 rings (SSSR count). The molecule has 0 unspecified atom stereocenters. The first kappa shape index (κ1) is 17.3. The van der Waals surface area contributed by atoms with Crippen LogP contribution in [-0.4, -0.2) is 5.11 Å². The highest BCUT2D eigenvalue weighted by atomic mass is 16.3. The Morgan fingerprint density at radius 1 is 0.556 bits per heavy atom. The lowest BCUT2D eigenvalue weighted by Crippen LogP contribution is -3.08. The third-order valence-electron chi connectivity index (χ3n) is 5.04. The van der Waals surface area contributed by atoms with Gasteiger partial charge in [0.05, 0.1) is 5.56 Å². The molecule has 0 fully saturated rings. The summed E-state index contributed by atoms with van der Waals surface area (Å²) in [7, 11) is 0. The summed E-state index contributed by atoms with van der Waals surface area (Å²) in [6.45, 7) is 2.60. The zero-order valence-electron chi connectivity index (χ0n) is 15.3. The molecule has 0 spiro atoms. The zero-order valence-corrected chi connectivity index (χ0v) is 15.3. The molecule has 27 heavy (non-hydrogen) atoms. The first-order chi connectivity index (χ1) is 13.3. The highest BCUT2D eigenvalue weighted by Gasteiger charge is 2.16. The molecule has 0 aromatic heterocycles. The maximum Gasteiger partial charge on any atom is 0.125 e. The van der Waals surface area contributed by atoms with E-state index in [0.717, 1.165) is 30.6 Å². The van der Waals surface area contributed by atoms with Crippen molar-refractivity contribution in [1.82, 2.24) is 0 Å². The number of rotatable bonds is 6. The van der Waals surface area contributed by atoms with E-state index < -0.39 is 0 Å². The average molecular weight is 354 g/mol. The Morgan fingerprint density at radius 2 is 1.11 bits per heavy atom. The summed E-state index contributed by atoms with van der Waals surface area (Å²) in [4.78, 5) is 1.40. The molecule has 0 heterocycles. The minimum atomic E-state index is 0.382. The van der Waals surface area contributed by atoms with Gasteiger partial charge >= 0.3 is 0 Å². The van der Waals surface area contributed by atoms with Gasteiger partial charge in [0.1, 0.15) is 25.4 Å². The molecule has 4 aromatic carbocycles. The summed E-state index contributed by atoms with van der Waals surface area (Å²) in [6.07, 6.45) is 0. The van der Waals surface area contributed by atoms with E-state index in [-0.39, 0.29) is 0 Å². The van der Waals surface area contributed by atoms with Crippen LogP contribution in [0.25, 0.3) is 10.8 Å². The monoisotopic (exact) mass is 354 g/mol. The van der Waals surface area contributed by atoms with Gasteiger partial charge in [-0.05, 0) is 16.8 Å². The van der Waals surface area contributed by atoms with Gasteiger partial charge in [-0.25, -0.2) is 0 Å². The predicted octanol–water partition coefficient (Wildman–Crippen LogP) is 4.33. The third kappa shape index (κ3) is 4.18. The minimum absolute atomic E-state index is 0.382. The Balaban J connectivity index is 1.67. The highest BCUT2D eigenvalue weighted by Crippen LogP contribution is 2.26. The van der Waals surface area contributed by atoms with Crippen LogP contribution in [0.5, 0.6) is 5.75 Å². The van der Waals surface area contributed by atoms with Gasteiger partial charge in [-0.1, -0.05) is 91.0 Å². The Labute approximate surface area is 160 Å². The summed E-state index contributed by atoms with van der Waals surface area (Å²) < 4.78 is 0. The molecule has 2 N–H and O–H groups in total. The van der Waals surface area contributed by atoms with Gasteiger partial charge in [-0.3, -0.25) is 0 Å². The Bertz CT molecular complexity index is 971. The molecular formula is C25H24NO+.